The smallest absolute Gasteiger partial charge is 0.160 e. The van der Waals surface area contributed by atoms with E-state index in [-0.39, 0.29) is 0 Å². The second-order valence-electron chi connectivity index (χ2n) is 6.07. The number of hydrogen-bond acceptors (Lipinski definition) is 2. The summed E-state index contributed by atoms with van der Waals surface area (Å²) in [5.41, 5.74) is 1.02. The van der Waals surface area contributed by atoms with Gasteiger partial charge >= 0.3 is 0 Å². The van der Waals surface area contributed by atoms with Crippen LogP contribution in [0.15, 0.2) is 0 Å². The fraction of sp³-hybridized carbons (Fsp3) is 1.00. The molecule has 0 aromatic carbocycles. The summed E-state index contributed by atoms with van der Waals surface area (Å²) < 4.78 is 11.7. The molecule has 3 heteroatoms. The van der Waals surface area contributed by atoms with Gasteiger partial charge in [0.25, 0.3) is 0 Å². The summed E-state index contributed by atoms with van der Waals surface area (Å²) in [6, 6.07) is 0. The zero-order chi connectivity index (χ0) is 12.8. The third-order valence-corrected chi connectivity index (χ3v) is 6.46. The molecule has 2 saturated carbocycles. The molecule has 0 amide bonds. The van der Waals surface area contributed by atoms with E-state index in [1.807, 2.05) is 7.11 Å². The molecular weight excluding hydrogens is 243 g/mol. The summed E-state index contributed by atoms with van der Waals surface area (Å²) in [5.74, 6) is 0.539. The number of hydrogen-bond donors (Lipinski definition) is 0. The molecule has 0 aromatic rings. The van der Waals surface area contributed by atoms with Crippen LogP contribution < -0.4 is 0 Å². The fourth-order valence-electron chi connectivity index (χ4n) is 3.46. The van der Waals surface area contributed by atoms with Gasteiger partial charge in [0.05, 0.1) is 17.9 Å². The van der Waals surface area contributed by atoms with Crippen molar-refractivity contribution in [2.75, 3.05) is 7.11 Å². The molecule has 0 spiro atoms. The normalized spacial score (nSPS) is 33.0. The van der Waals surface area contributed by atoms with Crippen molar-refractivity contribution in [2.45, 2.75) is 88.4 Å². The van der Waals surface area contributed by atoms with Gasteiger partial charge in [0, 0.05) is 15.7 Å². The van der Waals surface area contributed by atoms with Crippen molar-refractivity contribution in [1.82, 2.24) is 0 Å². The van der Waals surface area contributed by atoms with Crippen LogP contribution in [0.1, 0.15) is 64.7 Å². The van der Waals surface area contributed by atoms with Gasteiger partial charge in [-0.3, -0.25) is 0 Å². The third-order valence-electron chi connectivity index (χ3n) is 4.55. The Bertz CT molecular complexity index is 221. The zero-order valence-electron chi connectivity index (χ0n) is 12.1. The van der Waals surface area contributed by atoms with Gasteiger partial charge in [-0.2, -0.15) is 0 Å². The lowest BCUT2D eigenvalue weighted by atomic mass is 9.95. The van der Waals surface area contributed by atoms with Crippen molar-refractivity contribution < 1.29 is 9.47 Å². The molecule has 2 atom stereocenters. The van der Waals surface area contributed by atoms with Crippen LogP contribution in [0.4, 0.5) is 0 Å². The highest BCUT2D eigenvalue weighted by atomic mass is 31.1. The highest BCUT2D eigenvalue weighted by Crippen LogP contribution is 2.38. The molecule has 0 bridgehead atoms. The van der Waals surface area contributed by atoms with E-state index < -0.39 is 0 Å². The molecule has 0 saturated heterocycles. The Morgan fingerprint density at radius 2 is 1.50 bits per heavy atom. The largest absolute Gasteiger partial charge is 0.381 e. The van der Waals surface area contributed by atoms with E-state index in [2.05, 4.69) is 6.92 Å². The zero-order valence-corrected chi connectivity index (χ0v) is 13.2. The number of ether oxygens (including phenoxy) is 2. The molecule has 2 aliphatic rings. The Balaban J connectivity index is 1.63. The first-order chi connectivity index (χ1) is 8.78. The first-order valence-electron chi connectivity index (χ1n) is 7.81. The average molecular weight is 273 g/mol. The van der Waals surface area contributed by atoms with Crippen LogP contribution in [0.25, 0.3) is 0 Å². The lowest BCUT2D eigenvalue weighted by Crippen LogP contribution is -2.28. The minimum absolute atomic E-state index is 0.492. The molecule has 2 unspecified atom stereocenters. The molecule has 2 aliphatic carbocycles. The van der Waals surface area contributed by atoms with Crippen LogP contribution >= 0.6 is 8.58 Å². The van der Waals surface area contributed by atoms with Gasteiger partial charge < -0.3 is 9.47 Å². The maximum absolute atomic E-state index is 6.27. The van der Waals surface area contributed by atoms with Crippen molar-refractivity contribution >= 4 is 8.58 Å². The van der Waals surface area contributed by atoms with Crippen molar-refractivity contribution in [3.63, 3.8) is 0 Å². The summed E-state index contributed by atoms with van der Waals surface area (Å²) in [6.07, 6.45) is 13.1. The topological polar surface area (TPSA) is 18.5 Å². The van der Waals surface area contributed by atoms with Crippen LogP contribution in [-0.4, -0.2) is 30.8 Å². The number of methoxy groups -OCH3 is 1. The van der Waals surface area contributed by atoms with Gasteiger partial charge in [-0.1, -0.05) is 6.42 Å². The first kappa shape index (κ1) is 14.8. The molecule has 0 aliphatic heterocycles. The van der Waals surface area contributed by atoms with E-state index in [0.717, 1.165) is 5.66 Å². The van der Waals surface area contributed by atoms with Crippen LogP contribution in [0.3, 0.4) is 0 Å². The SMILES string of the molecule is COC1CCC(OC(C)[PH2+]C2CCCCC2)CC1. The maximum Gasteiger partial charge on any atom is 0.160 e. The van der Waals surface area contributed by atoms with Crippen LogP contribution in [-0.2, 0) is 9.47 Å². The van der Waals surface area contributed by atoms with Gasteiger partial charge in [-0.05, 0) is 58.3 Å². The Kier molecular flexibility index (Phi) is 6.41. The molecule has 2 rings (SSSR count). The van der Waals surface area contributed by atoms with Crippen molar-refractivity contribution in [1.29, 1.82) is 0 Å². The molecule has 2 fully saturated rings. The molecule has 106 valence electrons. The Morgan fingerprint density at radius 1 is 0.889 bits per heavy atom. The van der Waals surface area contributed by atoms with Crippen LogP contribution in [0.2, 0.25) is 0 Å². The minimum Gasteiger partial charge on any atom is -0.381 e. The summed E-state index contributed by atoms with van der Waals surface area (Å²) in [6.45, 7) is 2.31. The molecule has 0 N–H and O–H groups in total. The Labute approximate surface area is 114 Å². The van der Waals surface area contributed by atoms with E-state index in [0.29, 0.717) is 26.6 Å². The lowest BCUT2D eigenvalue weighted by molar-refractivity contribution is -0.0226. The van der Waals surface area contributed by atoms with E-state index in [1.165, 1.54) is 57.8 Å². The van der Waals surface area contributed by atoms with Crippen molar-refractivity contribution in [2.24, 2.45) is 0 Å². The minimum atomic E-state index is 0.492. The standard InChI is InChI=1S/C15H29O2P/c1-12(18-15-6-4-3-5-7-15)17-14-10-8-13(16-2)9-11-14/h12-15,18H,3-11H2,1-2H3/p+1. The predicted molar refractivity (Wildman–Crippen MR) is 80.2 cm³/mol. The van der Waals surface area contributed by atoms with E-state index >= 15 is 0 Å². The van der Waals surface area contributed by atoms with Crippen molar-refractivity contribution in [3.05, 3.63) is 0 Å². The third kappa shape index (κ3) is 4.79. The summed E-state index contributed by atoms with van der Waals surface area (Å²) in [7, 11) is 2.33. The quantitative estimate of drug-likeness (QED) is 0.704. The highest BCUT2D eigenvalue weighted by Gasteiger charge is 2.27. The number of rotatable bonds is 5. The average Bonchev–Trinajstić information content (AvgIpc) is 2.40. The van der Waals surface area contributed by atoms with Gasteiger partial charge in [0.1, 0.15) is 0 Å². The second-order valence-corrected chi connectivity index (χ2v) is 8.33. The molecule has 2 nitrogen and oxygen atoms in total. The van der Waals surface area contributed by atoms with Crippen molar-refractivity contribution in [3.8, 4) is 0 Å². The summed E-state index contributed by atoms with van der Waals surface area (Å²) >= 11 is 0. The summed E-state index contributed by atoms with van der Waals surface area (Å²) in [4.78, 5) is 0. The molecular formula is C15H30O2P+. The van der Waals surface area contributed by atoms with Gasteiger partial charge in [0.15, 0.2) is 5.85 Å². The second kappa shape index (κ2) is 7.82. The Morgan fingerprint density at radius 3 is 2.11 bits per heavy atom. The maximum atomic E-state index is 6.27. The van der Waals surface area contributed by atoms with E-state index in [1.54, 1.807) is 0 Å². The molecule has 0 heterocycles. The molecule has 0 aromatic heterocycles. The molecule has 18 heavy (non-hydrogen) atoms. The van der Waals surface area contributed by atoms with Gasteiger partial charge in [-0.25, -0.2) is 0 Å². The lowest BCUT2D eigenvalue weighted by Gasteiger charge is -2.29. The predicted octanol–water partition coefficient (Wildman–Crippen LogP) is 4.05. The first-order valence-corrected chi connectivity index (χ1v) is 9.14. The van der Waals surface area contributed by atoms with Gasteiger partial charge in [-0.15, -0.1) is 0 Å². The monoisotopic (exact) mass is 273 g/mol. The van der Waals surface area contributed by atoms with Crippen LogP contribution in [0, 0.1) is 0 Å². The Hall–Kier alpha value is 0.350. The van der Waals surface area contributed by atoms with Crippen LogP contribution in [0.5, 0.6) is 0 Å². The van der Waals surface area contributed by atoms with Gasteiger partial charge in [0.2, 0.25) is 0 Å². The highest BCUT2D eigenvalue weighted by molar-refractivity contribution is 7.39. The molecule has 0 radical (unpaired) electrons. The summed E-state index contributed by atoms with van der Waals surface area (Å²) in [5, 5.41) is 0. The van der Waals surface area contributed by atoms with E-state index in [4.69, 9.17) is 9.47 Å². The van der Waals surface area contributed by atoms with E-state index in [9.17, 15) is 0 Å². The fourth-order valence-corrected chi connectivity index (χ4v) is 5.40.